The van der Waals surface area contributed by atoms with Crippen molar-refractivity contribution in [2.75, 3.05) is 43.0 Å². The second-order valence-electron chi connectivity index (χ2n) is 11.4. The summed E-state index contributed by atoms with van der Waals surface area (Å²) in [7, 11) is 0. The zero-order valence-electron chi connectivity index (χ0n) is 22.5. The van der Waals surface area contributed by atoms with E-state index >= 15 is 0 Å². The van der Waals surface area contributed by atoms with E-state index in [9.17, 15) is 14.9 Å². The first kappa shape index (κ1) is 26.9. The van der Waals surface area contributed by atoms with Gasteiger partial charge in [0.05, 0.1) is 11.0 Å². The molecule has 0 unspecified atom stereocenters. The van der Waals surface area contributed by atoms with E-state index in [0.717, 1.165) is 50.0 Å². The van der Waals surface area contributed by atoms with E-state index in [0.29, 0.717) is 19.1 Å². The molecule has 200 valence electrons. The second-order valence-corrected chi connectivity index (χ2v) is 11.4. The average Bonchev–Trinajstić information content (AvgIpc) is 2.89. The van der Waals surface area contributed by atoms with Crippen LogP contribution >= 0.6 is 0 Å². The predicted octanol–water partition coefficient (Wildman–Crippen LogP) is 5.29. The minimum atomic E-state index is -0.369. The summed E-state index contributed by atoms with van der Waals surface area (Å²) in [5, 5.41) is 14.5. The van der Waals surface area contributed by atoms with Crippen LogP contribution in [0.15, 0.2) is 42.5 Å². The normalized spacial score (nSPS) is 20.5. The Morgan fingerprint density at radius 3 is 2.24 bits per heavy atom. The van der Waals surface area contributed by atoms with Crippen molar-refractivity contribution in [1.82, 2.24) is 4.90 Å². The van der Waals surface area contributed by atoms with Gasteiger partial charge in [-0.15, -0.1) is 0 Å². The molecule has 4 rings (SSSR count). The molecule has 0 bridgehead atoms. The number of carbonyl (C=O) groups excluding carboxylic acids is 1. The highest BCUT2D eigenvalue weighted by molar-refractivity contribution is 5.77. The smallest absolute Gasteiger partial charge is 0.269 e. The first-order valence-electron chi connectivity index (χ1n) is 13.4. The van der Waals surface area contributed by atoms with E-state index in [4.69, 9.17) is 4.74 Å². The van der Waals surface area contributed by atoms with E-state index < -0.39 is 0 Å². The minimum absolute atomic E-state index is 0.0736. The van der Waals surface area contributed by atoms with Gasteiger partial charge in [-0.05, 0) is 67.3 Å². The summed E-state index contributed by atoms with van der Waals surface area (Å²) in [5.41, 5.74) is 4.61. The van der Waals surface area contributed by atoms with Crippen LogP contribution in [0.3, 0.4) is 0 Å². The summed E-state index contributed by atoms with van der Waals surface area (Å²) in [6.07, 6.45) is 3.79. The highest BCUT2D eigenvalue weighted by Crippen LogP contribution is 2.28. The lowest BCUT2D eigenvalue weighted by Crippen LogP contribution is -2.50. The molecule has 1 heterocycles. The number of carbonyl (C=O) groups is 1. The van der Waals surface area contributed by atoms with Crippen molar-refractivity contribution in [2.45, 2.75) is 70.9 Å². The van der Waals surface area contributed by atoms with Crippen LogP contribution < -0.4 is 10.2 Å². The fourth-order valence-corrected chi connectivity index (χ4v) is 5.18. The Morgan fingerprint density at radius 2 is 1.68 bits per heavy atom. The molecule has 1 amide bonds. The number of ether oxygens (including phenoxy) is 1. The Kier molecular flexibility index (Phi) is 8.37. The molecular weight excluding hydrogens is 468 g/mol. The summed E-state index contributed by atoms with van der Waals surface area (Å²) >= 11 is 0. The molecule has 0 radical (unpaired) electrons. The zero-order valence-corrected chi connectivity index (χ0v) is 22.5. The van der Waals surface area contributed by atoms with Crippen molar-refractivity contribution in [1.29, 1.82) is 0 Å². The number of nitrogens with one attached hydrogen (secondary N) is 1. The minimum Gasteiger partial charge on any atom is -0.382 e. The fraction of sp³-hybridized carbons (Fsp3) is 0.552. The second kappa shape index (κ2) is 11.5. The predicted molar refractivity (Wildman–Crippen MR) is 147 cm³/mol. The summed E-state index contributed by atoms with van der Waals surface area (Å²) in [6, 6.07) is 14.0. The van der Waals surface area contributed by atoms with Crippen LogP contribution in [0.4, 0.5) is 17.1 Å². The van der Waals surface area contributed by atoms with Gasteiger partial charge in [-0.3, -0.25) is 14.9 Å². The molecule has 37 heavy (non-hydrogen) atoms. The number of nitrogens with zero attached hydrogens (tertiary/aromatic N) is 3. The lowest BCUT2D eigenvalue weighted by atomic mass is 9.87. The zero-order chi connectivity index (χ0) is 26.6. The van der Waals surface area contributed by atoms with Gasteiger partial charge in [-0.25, -0.2) is 0 Å². The summed E-state index contributed by atoms with van der Waals surface area (Å²) in [6.45, 7) is 11.8. The number of rotatable bonds is 7. The quantitative estimate of drug-likeness (QED) is 0.404. The Labute approximate surface area is 220 Å². The highest BCUT2D eigenvalue weighted by Gasteiger charge is 2.26. The molecule has 1 aliphatic heterocycles. The maximum Gasteiger partial charge on any atom is 0.269 e. The third-order valence-electron chi connectivity index (χ3n) is 7.63. The maximum absolute atomic E-state index is 12.8. The monoisotopic (exact) mass is 508 g/mol. The number of non-ortho nitro benzene ring substituents is 1. The van der Waals surface area contributed by atoms with Crippen molar-refractivity contribution in [3.8, 4) is 0 Å². The van der Waals surface area contributed by atoms with Crippen molar-refractivity contribution >= 4 is 23.0 Å². The Bertz CT molecular complexity index is 1080. The molecule has 1 N–H and O–H groups in total. The molecule has 1 saturated carbocycles. The molecule has 0 atom stereocenters. The lowest BCUT2D eigenvalue weighted by molar-refractivity contribution is -0.384. The molecule has 2 aliphatic rings. The van der Waals surface area contributed by atoms with Crippen LogP contribution in [-0.4, -0.2) is 60.7 Å². The van der Waals surface area contributed by atoms with E-state index in [-0.39, 0.29) is 34.6 Å². The number of nitro groups is 1. The molecule has 2 aromatic rings. The summed E-state index contributed by atoms with van der Waals surface area (Å²) in [4.78, 5) is 27.6. The van der Waals surface area contributed by atoms with Gasteiger partial charge in [0, 0.05) is 55.7 Å². The van der Waals surface area contributed by atoms with E-state index in [1.165, 1.54) is 17.3 Å². The van der Waals surface area contributed by atoms with Crippen LogP contribution in [-0.2, 0) is 14.9 Å². The molecule has 8 heteroatoms. The Hall–Kier alpha value is -3.13. The van der Waals surface area contributed by atoms with Crippen LogP contribution in [0, 0.1) is 17.0 Å². The van der Waals surface area contributed by atoms with Gasteiger partial charge in [0.25, 0.3) is 5.69 Å². The number of nitro benzene ring substituents is 1. The molecule has 0 aromatic heterocycles. The Balaban J connectivity index is 1.16. The van der Waals surface area contributed by atoms with E-state index in [1.54, 1.807) is 12.1 Å². The van der Waals surface area contributed by atoms with Crippen LogP contribution in [0.25, 0.3) is 0 Å². The van der Waals surface area contributed by atoms with Crippen molar-refractivity contribution in [3.05, 3.63) is 63.7 Å². The topological polar surface area (TPSA) is 87.9 Å². The standard InChI is InChI=1S/C29H40N4O4/c1-21-19-25(33(35)36)11-14-27(21)30-23-7-12-26(13-8-23)37-20-28(34)32-17-15-31(16-18-32)24-9-5-22(6-10-24)29(2,3)4/h5-6,9-11,14,19,23,26,30H,7-8,12-13,15-18,20H2,1-4H3/t23-,26-. The third-order valence-corrected chi connectivity index (χ3v) is 7.63. The number of benzene rings is 2. The van der Waals surface area contributed by atoms with Gasteiger partial charge in [-0.1, -0.05) is 32.9 Å². The number of anilines is 2. The highest BCUT2D eigenvalue weighted by atomic mass is 16.6. The molecular formula is C29H40N4O4. The van der Waals surface area contributed by atoms with Crippen molar-refractivity contribution in [3.63, 3.8) is 0 Å². The largest absolute Gasteiger partial charge is 0.382 e. The van der Waals surface area contributed by atoms with Crippen molar-refractivity contribution in [2.24, 2.45) is 0 Å². The van der Waals surface area contributed by atoms with Gasteiger partial charge >= 0.3 is 0 Å². The van der Waals surface area contributed by atoms with Crippen molar-refractivity contribution < 1.29 is 14.5 Å². The number of hydrogen-bond donors (Lipinski definition) is 1. The number of piperazine rings is 1. The van der Waals surface area contributed by atoms with Crippen LogP contribution in [0.2, 0.25) is 0 Å². The number of hydrogen-bond acceptors (Lipinski definition) is 6. The lowest BCUT2D eigenvalue weighted by Gasteiger charge is -2.37. The first-order chi connectivity index (χ1) is 17.6. The van der Waals surface area contributed by atoms with E-state index in [2.05, 4.69) is 55.3 Å². The van der Waals surface area contributed by atoms with Gasteiger partial charge in [0.2, 0.25) is 5.91 Å². The molecule has 2 aromatic carbocycles. The molecule has 1 saturated heterocycles. The SMILES string of the molecule is Cc1cc([N+](=O)[O-])ccc1N[C@H]1CC[C@H](OCC(=O)N2CCN(c3ccc(C(C)(C)C)cc3)CC2)CC1. The van der Waals surface area contributed by atoms with E-state index in [1.807, 2.05) is 11.8 Å². The van der Waals surface area contributed by atoms with Gasteiger partial charge in [-0.2, -0.15) is 0 Å². The molecule has 0 spiro atoms. The van der Waals surface area contributed by atoms with Crippen LogP contribution in [0.1, 0.15) is 57.6 Å². The molecule has 1 aliphatic carbocycles. The summed E-state index contributed by atoms with van der Waals surface area (Å²) < 4.78 is 6.01. The van der Waals surface area contributed by atoms with Gasteiger partial charge < -0.3 is 19.9 Å². The number of aryl methyl sites for hydroxylation is 1. The fourth-order valence-electron chi connectivity index (χ4n) is 5.18. The first-order valence-corrected chi connectivity index (χ1v) is 13.4. The maximum atomic E-state index is 12.8. The Morgan fingerprint density at radius 1 is 1.03 bits per heavy atom. The molecule has 2 fully saturated rings. The molecule has 8 nitrogen and oxygen atoms in total. The van der Waals surface area contributed by atoms with Crippen LogP contribution in [0.5, 0.6) is 0 Å². The van der Waals surface area contributed by atoms with Gasteiger partial charge in [0.1, 0.15) is 6.61 Å². The summed E-state index contributed by atoms with van der Waals surface area (Å²) in [5.74, 6) is 0.0736. The third kappa shape index (κ3) is 7.01. The van der Waals surface area contributed by atoms with Gasteiger partial charge in [0.15, 0.2) is 0 Å². The average molecular weight is 509 g/mol. The number of amides is 1.